The van der Waals surface area contributed by atoms with Crippen LogP contribution in [0.3, 0.4) is 0 Å². The molecule has 0 saturated carbocycles. The fraction of sp³-hybridized carbons (Fsp3) is 0.222. The highest BCUT2D eigenvalue weighted by Crippen LogP contribution is 2.30. The van der Waals surface area contributed by atoms with Gasteiger partial charge in [0.05, 0.1) is 16.6 Å². The number of nitrogens with zero attached hydrogens (tertiary/aromatic N) is 1. The summed E-state index contributed by atoms with van der Waals surface area (Å²) in [6, 6.07) is 13.0. The third-order valence-electron chi connectivity index (χ3n) is 3.89. The van der Waals surface area contributed by atoms with Gasteiger partial charge in [-0.3, -0.25) is 19.7 Å². The Morgan fingerprint density at radius 3 is 2.35 bits per heavy atom. The molecule has 0 aliphatic heterocycles. The molecule has 136 valence electrons. The van der Waals surface area contributed by atoms with Crippen molar-refractivity contribution in [1.29, 1.82) is 0 Å². The quantitative estimate of drug-likeness (QED) is 0.432. The number of rotatable bonds is 7. The van der Waals surface area contributed by atoms with Gasteiger partial charge in [-0.2, -0.15) is 0 Å². The van der Waals surface area contributed by atoms with Gasteiger partial charge in [0.1, 0.15) is 11.7 Å². The number of Topliss-reactive ketones (excluding diaryl/α,β-unsaturated/α-hetero) is 1. The van der Waals surface area contributed by atoms with E-state index in [1.165, 1.54) is 25.1 Å². The molecule has 2 atom stereocenters. The lowest BCUT2D eigenvalue weighted by molar-refractivity contribution is -0.484. The summed E-state index contributed by atoms with van der Waals surface area (Å²) < 4.78 is 0. The summed E-state index contributed by atoms with van der Waals surface area (Å²) in [5.74, 6) is -3.25. The fourth-order valence-corrected chi connectivity index (χ4v) is 3.17. The first-order valence-corrected chi connectivity index (χ1v) is 8.48. The van der Waals surface area contributed by atoms with Crippen LogP contribution in [-0.4, -0.2) is 23.2 Å². The topological polar surface area (TPSA) is 89.3 Å². The van der Waals surface area contributed by atoms with Crippen LogP contribution in [0, 0.1) is 16.0 Å². The Kier molecular flexibility index (Phi) is 6.71. The monoisotopic (exact) mass is 394 g/mol. The molecule has 0 bridgehead atoms. The van der Waals surface area contributed by atoms with Crippen molar-refractivity contribution >= 4 is 40.6 Å². The Labute approximate surface area is 160 Å². The molecule has 0 heterocycles. The van der Waals surface area contributed by atoms with Crippen molar-refractivity contribution in [3.8, 4) is 0 Å². The lowest BCUT2D eigenvalue weighted by Crippen LogP contribution is -2.36. The van der Waals surface area contributed by atoms with Crippen molar-refractivity contribution in [3.63, 3.8) is 0 Å². The van der Waals surface area contributed by atoms with Gasteiger partial charge in [0, 0.05) is 9.95 Å². The number of hydrogen-bond acceptors (Lipinski definition) is 4. The summed E-state index contributed by atoms with van der Waals surface area (Å²) in [6.07, 6.45) is 0. The zero-order valence-corrected chi connectivity index (χ0v) is 15.3. The van der Waals surface area contributed by atoms with E-state index in [0.29, 0.717) is 10.6 Å². The number of carbonyl (C=O) groups excluding carboxylic acids is 2. The van der Waals surface area contributed by atoms with E-state index in [0.717, 1.165) is 0 Å². The number of ketones is 1. The van der Waals surface area contributed by atoms with Gasteiger partial charge in [-0.25, -0.2) is 0 Å². The van der Waals surface area contributed by atoms with Crippen LogP contribution >= 0.6 is 23.2 Å². The molecule has 0 saturated heterocycles. The van der Waals surface area contributed by atoms with E-state index in [1.807, 2.05) is 0 Å². The smallest absolute Gasteiger partial charge is 0.235 e. The third-order valence-corrected chi connectivity index (χ3v) is 4.43. The molecule has 26 heavy (non-hydrogen) atoms. The highest BCUT2D eigenvalue weighted by atomic mass is 35.5. The molecule has 2 aromatic carbocycles. The molecule has 0 aliphatic rings. The van der Waals surface area contributed by atoms with Crippen molar-refractivity contribution in [2.24, 2.45) is 5.92 Å². The van der Waals surface area contributed by atoms with Crippen molar-refractivity contribution in [3.05, 3.63) is 74.3 Å². The van der Waals surface area contributed by atoms with Crippen LogP contribution in [0.1, 0.15) is 18.4 Å². The largest absolute Gasteiger partial charge is 0.324 e. The maximum Gasteiger partial charge on any atom is 0.235 e. The molecule has 0 spiro atoms. The first kappa shape index (κ1) is 19.9. The Morgan fingerprint density at radius 1 is 1.15 bits per heavy atom. The molecule has 0 radical (unpaired) electrons. The Morgan fingerprint density at radius 2 is 1.81 bits per heavy atom. The second-order valence-electron chi connectivity index (χ2n) is 5.73. The first-order valence-electron chi connectivity index (χ1n) is 7.72. The van der Waals surface area contributed by atoms with E-state index >= 15 is 0 Å². The van der Waals surface area contributed by atoms with E-state index in [2.05, 4.69) is 5.32 Å². The number of nitrogens with one attached hydrogen (secondary N) is 1. The highest BCUT2D eigenvalue weighted by Gasteiger charge is 2.37. The Balaban J connectivity index is 2.36. The molecule has 1 amide bonds. The van der Waals surface area contributed by atoms with Gasteiger partial charge in [0.2, 0.25) is 12.5 Å². The molecule has 0 aliphatic carbocycles. The number of nitro groups is 1. The zero-order valence-electron chi connectivity index (χ0n) is 13.8. The molecule has 8 heteroatoms. The number of carbonyl (C=O) groups is 2. The van der Waals surface area contributed by atoms with Crippen LogP contribution in [0.5, 0.6) is 0 Å². The van der Waals surface area contributed by atoms with E-state index in [-0.39, 0.29) is 10.7 Å². The van der Waals surface area contributed by atoms with Crippen molar-refractivity contribution in [2.45, 2.75) is 12.8 Å². The lowest BCUT2D eigenvalue weighted by Gasteiger charge is -2.22. The molecule has 6 nitrogen and oxygen atoms in total. The lowest BCUT2D eigenvalue weighted by atomic mass is 9.83. The van der Waals surface area contributed by atoms with E-state index in [1.54, 1.807) is 30.3 Å². The molecule has 2 aromatic rings. The average molecular weight is 395 g/mol. The Bertz CT molecular complexity index is 827. The Hall–Kier alpha value is -2.44. The molecule has 1 N–H and O–H groups in total. The van der Waals surface area contributed by atoms with Crippen LogP contribution in [-0.2, 0) is 9.59 Å². The maximum absolute atomic E-state index is 12.7. The fourth-order valence-electron chi connectivity index (χ4n) is 2.72. The maximum atomic E-state index is 12.7. The minimum atomic E-state index is -1.23. The van der Waals surface area contributed by atoms with Crippen LogP contribution in [0.25, 0.3) is 0 Å². The number of hydrogen-bond donors (Lipinski definition) is 1. The summed E-state index contributed by atoms with van der Waals surface area (Å²) in [6.45, 7) is 0.694. The van der Waals surface area contributed by atoms with Crippen LogP contribution in [0.2, 0.25) is 10.0 Å². The van der Waals surface area contributed by atoms with Crippen LogP contribution in [0.15, 0.2) is 48.5 Å². The average Bonchev–Trinajstić information content (AvgIpc) is 2.57. The first-order chi connectivity index (χ1) is 12.3. The molecular formula is C18H16Cl2N2O4. The van der Waals surface area contributed by atoms with Gasteiger partial charge in [-0.05, 0) is 30.7 Å². The third kappa shape index (κ3) is 5.03. The summed E-state index contributed by atoms with van der Waals surface area (Å²) in [7, 11) is 0. The van der Waals surface area contributed by atoms with Gasteiger partial charge in [-0.1, -0.05) is 53.5 Å². The molecule has 2 rings (SSSR count). The summed E-state index contributed by atoms with van der Waals surface area (Å²) in [5.41, 5.74) is 0.821. The summed E-state index contributed by atoms with van der Waals surface area (Å²) >= 11 is 11.9. The van der Waals surface area contributed by atoms with Crippen molar-refractivity contribution < 1.29 is 14.5 Å². The van der Waals surface area contributed by atoms with Gasteiger partial charge >= 0.3 is 0 Å². The molecule has 0 fully saturated rings. The normalized spacial score (nSPS) is 12.9. The minimum absolute atomic E-state index is 0.207. The number of halogens is 2. The van der Waals surface area contributed by atoms with Crippen LogP contribution < -0.4 is 5.32 Å². The van der Waals surface area contributed by atoms with Crippen molar-refractivity contribution in [2.75, 3.05) is 11.9 Å². The molecular weight excluding hydrogens is 379 g/mol. The second-order valence-corrected chi connectivity index (χ2v) is 6.58. The van der Waals surface area contributed by atoms with Crippen LogP contribution in [0.4, 0.5) is 5.69 Å². The SMILES string of the molecule is CC(=O)C(C(=O)Nc1ccc(Cl)cc1Cl)C(C[N+](=O)[O-])c1ccccc1. The number of benzene rings is 2. The van der Waals surface area contributed by atoms with Crippen molar-refractivity contribution in [1.82, 2.24) is 0 Å². The summed E-state index contributed by atoms with van der Waals surface area (Å²) in [5, 5.41) is 14.3. The standard InChI is InChI=1S/C18H16Cl2N2O4/c1-11(23)17(14(10-22(25)26)12-5-3-2-4-6-12)18(24)21-16-8-7-13(19)9-15(16)20/h2-9,14,17H,10H2,1H3,(H,21,24). The zero-order chi connectivity index (χ0) is 19.3. The minimum Gasteiger partial charge on any atom is -0.324 e. The van der Waals surface area contributed by atoms with Gasteiger partial charge in [0.15, 0.2) is 0 Å². The van der Waals surface area contributed by atoms with E-state index < -0.39 is 35.0 Å². The van der Waals surface area contributed by atoms with Gasteiger partial charge in [-0.15, -0.1) is 0 Å². The molecule has 0 aromatic heterocycles. The van der Waals surface area contributed by atoms with Gasteiger partial charge < -0.3 is 5.32 Å². The predicted octanol–water partition coefficient (Wildman–Crippen LogP) is 4.20. The summed E-state index contributed by atoms with van der Waals surface area (Å²) in [4.78, 5) is 35.5. The predicted molar refractivity (Wildman–Crippen MR) is 100 cm³/mol. The number of amides is 1. The van der Waals surface area contributed by atoms with E-state index in [4.69, 9.17) is 23.2 Å². The second kappa shape index (κ2) is 8.78. The highest BCUT2D eigenvalue weighted by molar-refractivity contribution is 6.36. The van der Waals surface area contributed by atoms with Gasteiger partial charge in [0.25, 0.3) is 0 Å². The van der Waals surface area contributed by atoms with E-state index in [9.17, 15) is 19.7 Å². The molecule has 2 unspecified atom stereocenters. The number of anilines is 1.